The fraction of sp³-hybridized carbons (Fsp3) is 0.467. The molecule has 0 spiro atoms. The standard InChI is InChI=1S/C15H20N2O4/c1-9(11-7-16-8-11)14(19)17-13(15(20)21)6-10-2-4-12(18)5-3-10/h2-5,9,11,13,16,18H,6-8H2,1H3,(H,17,19)(H,20,21)/t9?,13-/m1/s1. The number of aliphatic carboxylic acids is 1. The van der Waals surface area contributed by atoms with Crippen molar-refractivity contribution < 1.29 is 19.8 Å². The first kappa shape index (κ1) is 15.3. The summed E-state index contributed by atoms with van der Waals surface area (Å²) in [7, 11) is 0. The molecule has 0 bridgehead atoms. The molecule has 1 aromatic carbocycles. The summed E-state index contributed by atoms with van der Waals surface area (Å²) in [4.78, 5) is 23.4. The van der Waals surface area contributed by atoms with Crippen molar-refractivity contribution in [3.05, 3.63) is 29.8 Å². The number of carboxylic acids is 1. The predicted octanol–water partition coefficient (Wildman–Crippen LogP) is 0.360. The zero-order valence-electron chi connectivity index (χ0n) is 11.9. The van der Waals surface area contributed by atoms with E-state index in [9.17, 15) is 19.8 Å². The highest BCUT2D eigenvalue weighted by atomic mass is 16.4. The van der Waals surface area contributed by atoms with Gasteiger partial charge in [-0.05, 0) is 36.7 Å². The molecule has 1 fully saturated rings. The van der Waals surface area contributed by atoms with Crippen LogP contribution in [0.3, 0.4) is 0 Å². The molecule has 1 aliphatic heterocycles. The van der Waals surface area contributed by atoms with Crippen LogP contribution in [0.1, 0.15) is 12.5 Å². The van der Waals surface area contributed by atoms with E-state index in [0.717, 1.165) is 18.7 Å². The van der Waals surface area contributed by atoms with Crippen LogP contribution in [-0.2, 0) is 16.0 Å². The fourth-order valence-electron chi connectivity index (χ4n) is 2.25. The number of hydrogen-bond donors (Lipinski definition) is 4. The summed E-state index contributed by atoms with van der Waals surface area (Å²) in [6, 6.07) is 5.34. The van der Waals surface area contributed by atoms with Gasteiger partial charge in [0.1, 0.15) is 11.8 Å². The Labute approximate surface area is 123 Å². The lowest BCUT2D eigenvalue weighted by Gasteiger charge is -2.32. The van der Waals surface area contributed by atoms with Crippen molar-refractivity contribution in [2.75, 3.05) is 13.1 Å². The third kappa shape index (κ3) is 3.95. The van der Waals surface area contributed by atoms with Gasteiger partial charge < -0.3 is 20.8 Å². The minimum Gasteiger partial charge on any atom is -0.508 e. The molecular weight excluding hydrogens is 272 g/mol. The van der Waals surface area contributed by atoms with Crippen LogP contribution in [0.2, 0.25) is 0 Å². The van der Waals surface area contributed by atoms with E-state index in [4.69, 9.17) is 0 Å². The summed E-state index contributed by atoms with van der Waals surface area (Å²) in [6.45, 7) is 3.41. The van der Waals surface area contributed by atoms with Crippen molar-refractivity contribution in [3.8, 4) is 5.75 Å². The highest BCUT2D eigenvalue weighted by molar-refractivity contribution is 5.85. The zero-order valence-corrected chi connectivity index (χ0v) is 11.9. The van der Waals surface area contributed by atoms with E-state index in [2.05, 4.69) is 10.6 Å². The minimum atomic E-state index is -1.06. The van der Waals surface area contributed by atoms with Crippen LogP contribution in [0.5, 0.6) is 5.75 Å². The van der Waals surface area contributed by atoms with E-state index in [0.29, 0.717) is 0 Å². The highest BCUT2D eigenvalue weighted by Crippen LogP contribution is 2.17. The summed E-state index contributed by atoms with van der Waals surface area (Å²) in [6.07, 6.45) is 0.191. The van der Waals surface area contributed by atoms with E-state index in [1.807, 2.05) is 6.92 Å². The minimum absolute atomic E-state index is 0.126. The number of phenols is 1. The number of carboxylic acid groups (broad SMARTS) is 1. The van der Waals surface area contributed by atoms with Crippen LogP contribution in [0.15, 0.2) is 24.3 Å². The van der Waals surface area contributed by atoms with Gasteiger partial charge in [0.25, 0.3) is 0 Å². The monoisotopic (exact) mass is 292 g/mol. The summed E-state index contributed by atoms with van der Waals surface area (Å²) < 4.78 is 0. The molecule has 1 saturated heterocycles. The maximum Gasteiger partial charge on any atom is 0.326 e. The van der Waals surface area contributed by atoms with Crippen molar-refractivity contribution in [1.29, 1.82) is 0 Å². The Hall–Kier alpha value is -2.08. The second-order valence-electron chi connectivity index (χ2n) is 5.48. The van der Waals surface area contributed by atoms with Gasteiger partial charge in [-0.25, -0.2) is 4.79 Å². The van der Waals surface area contributed by atoms with E-state index < -0.39 is 12.0 Å². The lowest BCUT2D eigenvalue weighted by Crippen LogP contribution is -2.52. The number of phenolic OH excluding ortho intramolecular Hbond substituents is 1. The number of rotatable bonds is 6. The summed E-state index contributed by atoms with van der Waals surface area (Å²) in [5.74, 6) is -1.09. The highest BCUT2D eigenvalue weighted by Gasteiger charge is 2.31. The molecule has 114 valence electrons. The third-order valence-corrected chi connectivity index (χ3v) is 3.92. The quantitative estimate of drug-likeness (QED) is 0.607. The van der Waals surface area contributed by atoms with Gasteiger partial charge in [0.05, 0.1) is 0 Å². The second-order valence-corrected chi connectivity index (χ2v) is 5.48. The normalized spacial score (nSPS) is 17.6. The van der Waals surface area contributed by atoms with Gasteiger partial charge in [0, 0.05) is 12.3 Å². The molecule has 0 radical (unpaired) electrons. The van der Waals surface area contributed by atoms with E-state index in [1.165, 1.54) is 12.1 Å². The van der Waals surface area contributed by atoms with Crippen LogP contribution >= 0.6 is 0 Å². The first-order valence-electron chi connectivity index (χ1n) is 6.99. The molecule has 1 heterocycles. The molecule has 21 heavy (non-hydrogen) atoms. The molecule has 6 nitrogen and oxygen atoms in total. The number of benzene rings is 1. The van der Waals surface area contributed by atoms with Gasteiger partial charge in [0.15, 0.2) is 0 Å². The Morgan fingerprint density at radius 2 is 1.95 bits per heavy atom. The van der Waals surface area contributed by atoms with E-state index in [-0.39, 0.29) is 29.9 Å². The van der Waals surface area contributed by atoms with Gasteiger partial charge in [-0.1, -0.05) is 19.1 Å². The third-order valence-electron chi connectivity index (χ3n) is 3.92. The molecule has 1 amide bonds. The molecular formula is C15H20N2O4. The zero-order chi connectivity index (χ0) is 15.4. The Balaban J connectivity index is 1.96. The molecule has 0 aromatic heterocycles. The maximum absolute atomic E-state index is 12.1. The van der Waals surface area contributed by atoms with Crippen LogP contribution in [0.25, 0.3) is 0 Å². The number of aromatic hydroxyl groups is 1. The van der Waals surface area contributed by atoms with Gasteiger partial charge in [0.2, 0.25) is 5.91 Å². The molecule has 6 heteroatoms. The van der Waals surface area contributed by atoms with Crippen LogP contribution in [-0.4, -0.2) is 41.2 Å². The molecule has 0 saturated carbocycles. The average molecular weight is 292 g/mol. The molecule has 1 aromatic rings. The molecule has 1 aliphatic rings. The van der Waals surface area contributed by atoms with Crippen molar-refractivity contribution in [2.45, 2.75) is 19.4 Å². The topological polar surface area (TPSA) is 98.7 Å². The Morgan fingerprint density at radius 3 is 2.43 bits per heavy atom. The predicted molar refractivity (Wildman–Crippen MR) is 76.9 cm³/mol. The number of carbonyl (C=O) groups is 2. The lowest BCUT2D eigenvalue weighted by atomic mass is 9.88. The van der Waals surface area contributed by atoms with Crippen LogP contribution < -0.4 is 10.6 Å². The lowest BCUT2D eigenvalue weighted by molar-refractivity contribution is -0.142. The first-order valence-corrected chi connectivity index (χ1v) is 6.99. The SMILES string of the molecule is CC(C(=O)N[C@H](Cc1ccc(O)cc1)C(=O)O)C1CNC1. The van der Waals surface area contributed by atoms with E-state index >= 15 is 0 Å². The van der Waals surface area contributed by atoms with Crippen molar-refractivity contribution >= 4 is 11.9 Å². The van der Waals surface area contributed by atoms with Gasteiger partial charge in [-0.15, -0.1) is 0 Å². The van der Waals surface area contributed by atoms with Gasteiger partial charge in [-0.3, -0.25) is 4.79 Å². The van der Waals surface area contributed by atoms with Crippen molar-refractivity contribution in [1.82, 2.24) is 10.6 Å². The van der Waals surface area contributed by atoms with Crippen molar-refractivity contribution in [3.63, 3.8) is 0 Å². The van der Waals surface area contributed by atoms with Crippen molar-refractivity contribution in [2.24, 2.45) is 11.8 Å². The first-order chi connectivity index (χ1) is 9.97. The molecule has 4 N–H and O–H groups in total. The number of nitrogens with one attached hydrogen (secondary N) is 2. The van der Waals surface area contributed by atoms with Gasteiger partial charge >= 0.3 is 5.97 Å². The van der Waals surface area contributed by atoms with E-state index in [1.54, 1.807) is 12.1 Å². The Morgan fingerprint density at radius 1 is 1.33 bits per heavy atom. The smallest absolute Gasteiger partial charge is 0.326 e. The Bertz CT molecular complexity index is 511. The van der Waals surface area contributed by atoms with Crippen LogP contribution in [0.4, 0.5) is 0 Å². The van der Waals surface area contributed by atoms with Gasteiger partial charge in [-0.2, -0.15) is 0 Å². The summed E-state index contributed by atoms with van der Waals surface area (Å²) >= 11 is 0. The average Bonchev–Trinajstić information content (AvgIpc) is 2.38. The van der Waals surface area contributed by atoms with Crippen LogP contribution in [0, 0.1) is 11.8 Å². The second kappa shape index (κ2) is 6.58. The molecule has 1 unspecified atom stereocenters. The summed E-state index contributed by atoms with van der Waals surface area (Å²) in [5.41, 5.74) is 0.749. The number of carbonyl (C=O) groups excluding carboxylic acids is 1. The summed E-state index contributed by atoms with van der Waals surface area (Å²) in [5, 5.41) is 24.2. The molecule has 2 atom stereocenters. The fourth-order valence-corrected chi connectivity index (χ4v) is 2.25. The molecule has 2 rings (SSSR count). The largest absolute Gasteiger partial charge is 0.508 e. The number of hydrogen-bond acceptors (Lipinski definition) is 4. The number of amides is 1. The Kier molecular flexibility index (Phi) is 4.80. The molecule has 0 aliphatic carbocycles. The maximum atomic E-state index is 12.1.